The lowest BCUT2D eigenvalue weighted by Crippen LogP contribution is -2.31. The second-order valence-electron chi connectivity index (χ2n) is 5.32. The van der Waals surface area contributed by atoms with Crippen LogP contribution in [0.5, 0.6) is 0 Å². The van der Waals surface area contributed by atoms with Gasteiger partial charge in [-0.25, -0.2) is 8.42 Å². The molecule has 128 valence electrons. The van der Waals surface area contributed by atoms with E-state index < -0.39 is 16.1 Å². The zero-order valence-corrected chi connectivity index (χ0v) is 15.6. The monoisotopic (exact) mass is 411 g/mol. The Balaban J connectivity index is 2.02. The Morgan fingerprint density at radius 3 is 2.33 bits per heavy atom. The molecule has 2 aromatic carbocycles. The van der Waals surface area contributed by atoms with Gasteiger partial charge >= 0.3 is 0 Å². The van der Waals surface area contributed by atoms with Crippen LogP contribution in [0, 0.1) is 0 Å². The van der Waals surface area contributed by atoms with Crippen molar-refractivity contribution in [3.63, 3.8) is 0 Å². The number of benzene rings is 2. The van der Waals surface area contributed by atoms with E-state index in [4.69, 9.17) is 0 Å². The lowest BCUT2D eigenvalue weighted by Gasteiger charge is -2.16. The van der Waals surface area contributed by atoms with Crippen LogP contribution in [0.25, 0.3) is 0 Å². The quantitative estimate of drug-likeness (QED) is 0.680. The molecule has 0 bridgehead atoms. The number of carbonyl (C=O) groups excluding carboxylic acids is 1. The Morgan fingerprint density at radius 2 is 1.67 bits per heavy atom. The SMILES string of the molecule is CC(Nc1cccc(NS(C)(=O)=O)c1)C(=O)Nc1cccc(Br)c1. The molecule has 0 fully saturated rings. The first kappa shape index (κ1) is 18.3. The molecule has 0 radical (unpaired) electrons. The molecule has 0 heterocycles. The van der Waals surface area contributed by atoms with Crippen LogP contribution in [-0.2, 0) is 14.8 Å². The molecule has 8 heteroatoms. The Labute approximate surface area is 149 Å². The molecule has 0 aliphatic carbocycles. The minimum atomic E-state index is -3.35. The molecule has 1 atom stereocenters. The largest absolute Gasteiger partial charge is 0.374 e. The van der Waals surface area contributed by atoms with Crippen molar-refractivity contribution >= 4 is 48.9 Å². The molecule has 1 amide bonds. The van der Waals surface area contributed by atoms with Crippen molar-refractivity contribution in [3.05, 3.63) is 53.0 Å². The predicted octanol–water partition coefficient (Wildman–Crippen LogP) is 3.26. The van der Waals surface area contributed by atoms with Gasteiger partial charge in [0.15, 0.2) is 0 Å². The number of sulfonamides is 1. The van der Waals surface area contributed by atoms with E-state index in [1.54, 1.807) is 43.3 Å². The minimum absolute atomic E-state index is 0.199. The van der Waals surface area contributed by atoms with Crippen molar-refractivity contribution in [3.8, 4) is 0 Å². The van der Waals surface area contributed by atoms with Gasteiger partial charge in [0, 0.05) is 15.8 Å². The van der Waals surface area contributed by atoms with Gasteiger partial charge in [-0.2, -0.15) is 0 Å². The van der Waals surface area contributed by atoms with Crippen molar-refractivity contribution in [2.45, 2.75) is 13.0 Å². The first-order valence-electron chi connectivity index (χ1n) is 7.14. The van der Waals surface area contributed by atoms with E-state index in [2.05, 4.69) is 31.3 Å². The Bertz CT molecular complexity index is 840. The van der Waals surface area contributed by atoms with Crippen molar-refractivity contribution in [2.24, 2.45) is 0 Å². The van der Waals surface area contributed by atoms with Gasteiger partial charge in [-0.1, -0.05) is 28.1 Å². The Morgan fingerprint density at radius 1 is 1.04 bits per heavy atom. The zero-order chi connectivity index (χ0) is 17.7. The number of hydrogen-bond donors (Lipinski definition) is 3. The summed E-state index contributed by atoms with van der Waals surface area (Å²) in [6.07, 6.45) is 1.08. The summed E-state index contributed by atoms with van der Waals surface area (Å²) in [5.41, 5.74) is 1.76. The fourth-order valence-electron chi connectivity index (χ4n) is 2.02. The first-order valence-corrected chi connectivity index (χ1v) is 9.82. The highest BCUT2D eigenvalue weighted by atomic mass is 79.9. The van der Waals surface area contributed by atoms with Gasteiger partial charge < -0.3 is 10.6 Å². The maximum absolute atomic E-state index is 12.2. The molecule has 2 rings (SSSR count). The van der Waals surface area contributed by atoms with E-state index in [9.17, 15) is 13.2 Å². The number of anilines is 3. The number of carbonyl (C=O) groups is 1. The van der Waals surface area contributed by atoms with Crippen LogP contribution in [0.3, 0.4) is 0 Å². The third-order valence-corrected chi connectivity index (χ3v) is 4.13. The molecule has 0 spiro atoms. The first-order chi connectivity index (χ1) is 11.2. The highest BCUT2D eigenvalue weighted by molar-refractivity contribution is 9.10. The number of nitrogens with one attached hydrogen (secondary N) is 3. The van der Waals surface area contributed by atoms with Gasteiger partial charge in [-0.15, -0.1) is 0 Å². The van der Waals surface area contributed by atoms with Crippen LogP contribution in [0.2, 0.25) is 0 Å². The maximum atomic E-state index is 12.2. The number of hydrogen-bond acceptors (Lipinski definition) is 4. The minimum Gasteiger partial charge on any atom is -0.374 e. The normalized spacial score (nSPS) is 12.3. The van der Waals surface area contributed by atoms with Gasteiger partial charge in [0.2, 0.25) is 15.9 Å². The molecule has 0 saturated heterocycles. The summed E-state index contributed by atoms with van der Waals surface area (Å²) >= 11 is 3.35. The number of rotatable bonds is 6. The summed E-state index contributed by atoms with van der Waals surface area (Å²) in [4.78, 5) is 12.2. The second kappa shape index (κ2) is 7.67. The van der Waals surface area contributed by atoms with Crippen LogP contribution in [0.4, 0.5) is 17.1 Å². The summed E-state index contributed by atoms with van der Waals surface area (Å²) in [6, 6.07) is 13.5. The fraction of sp³-hybridized carbons (Fsp3) is 0.188. The molecule has 24 heavy (non-hydrogen) atoms. The molecule has 2 aromatic rings. The molecule has 1 unspecified atom stereocenters. The van der Waals surface area contributed by atoms with Crippen molar-refractivity contribution in [2.75, 3.05) is 21.6 Å². The van der Waals surface area contributed by atoms with E-state index in [0.717, 1.165) is 10.7 Å². The molecular weight excluding hydrogens is 394 g/mol. The third-order valence-electron chi connectivity index (χ3n) is 3.03. The predicted molar refractivity (Wildman–Crippen MR) is 101 cm³/mol. The summed E-state index contributed by atoms with van der Waals surface area (Å²) < 4.78 is 25.8. The topological polar surface area (TPSA) is 87.3 Å². The molecule has 0 aliphatic rings. The molecule has 6 nitrogen and oxygen atoms in total. The van der Waals surface area contributed by atoms with E-state index in [1.807, 2.05) is 12.1 Å². The van der Waals surface area contributed by atoms with Crippen molar-refractivity contribution < 1.29 is 13.2 Å². The van der Waals surface area contributed by atoms with E-state index in [-0.39, 0.29) is 5.91 Å². The Hall–Kier alpha value is -2.06. The maximum Gasteiger partial charge on any atom is 0.246 e. The fourth-order valence-corrected chi connectivity index (χ4v) is 2.97. The van der Waals surface area contributed by atoms with Gasteiger partial charge in [-0.3, -0.25) is 9.52 Å². The average molecular weight is 412 g/mol. The molecule has 0 saturated carbocycles. The van der Waals surface area contributed by atoms with Crippen molar-refractivity contribution in [1.29, 1.82) is 0 Å². The summed E-state index contributed by atoms with van der Waals surface area (Å²) in [5.74, 6) is -0.199. The third kappa shape index (κ3) is 5.86. The van der Waals surface area contributed by atoms with Crippen LogP contribution < -0.4 is 15.4 Å². The molecule has 0 aliphatic heterocycles. The summed E-state index contributed by atoms with van der Waals surface area (Å²) in [7, 11) is -3.35. The van der Waals surface area contributed by atoms with Crippen LogP contribution in [0.15, 0.2) is 53.0 Å². The molecular formula is C16H18BrN3O3S. The lowest BCUT2D eigenvalue weighted by molar-refractivity contribution is -0.116. The van der Waals surface area contributed by atoms with Gasteiger partial charge in [0.05, 0.1) is 11.9 Å². The van der Waals surface area contributed by atoms with E-state index in [0.29, 0.717) is 17.1 Å². The van der Waals surface area contributed by atoms with Crippen molar-refractivity contribution in [1.82, 2.24) is 0 Å². The van der Waals surface area contributed by atoms with Crippen LogP contribution in [-0.4, -0.2) is 26.6 Å². The highest BCUT2D eigenvalue weighted by Gasteiger charge is 2.13. The lowest BCUT2D eigenvalue weighted by atomic mass is 10.2. The Kier molecular flexibility index (Phi) is 5.84. The number of amides is 1. The molecule has 3 N–H and O–H groups in total. The molecule has 0 aromatic heterocycles. The van der Waals surface area contributed by atoms with E-state index >= 15 is 0 Å². The van der Waals surface area contributed by atoms with E-state index in [1.165, 1.54) is 0 Å². The van der Waals surface area contributed by atoms with Crippen LogP contribution in [0.1, 0.15) is 6.92 Å². The highest BCUT2D eigenvalue weighted by Crippen LogP contribution is 2.18. The second-order valence-corrected chi connectivity index (χ2v) is 7.98. The van der Waals surface area contributed by atoms with Gasteiger partial charge in [-0.05, 0) is 43.3 Å². The van der Waals surface area contributed by atoms with Crippen LogP contribution >= 0.6 is 15.9 Å². The zero-order valence-electron chi connectivity index (χ0n) is 13.2. The number of halogens is 1. The van der Waals surface area contributed by atoms with Gasteiger partial charge in [0.25, 0.3) is 0 Å². The van der Waals surface area contributed by atoms with Gasteiger partial charge in [0.1, 0.15) is 6.04 Å². The summed E-state index contributed by atoms with van der Waals surface area (Å²) in [6.45, 7) is 1.73. The average Bonchev–Trinajstić information content (AvgIpc) is 2.45. The summed E-state index contributed by atoms with van der Waals surface area (Å²) in [5, 5.41) is 5.86. The standard InChI is InChI=1S/C16H18BrN3O3S/c1-11(16(21)19-13-6-3-5-12(17)9-13)18-14-7-4-8-15(10-14)20-24(2,22)23/h3-11,18,20H,1-2H3,(H,19,21). The smallest absolute Gasteiger partial charge is 0.246 e.